The molecule has 304 valence electrons. The molecule has 3 saturated carbocycles. The lowest BCUT2D eigenvalue weighted by molar-refractivity contribution is -0.144. The Hall–Kier alpha value is -4.40. The summed E-state index contributed by atoms with van der Waals surface area (Å²) in [4.78, 5) is 63.8. The maximum atomic E-state index is 15.1. The van der Waals surface area contributed by atoms with E-state index in [2.05, 4.69) is 21.9 Å². The van der Waals surface area contributed by atoms with Crippen molar-refractivity contribution in [3.63, 3.8) is 0 Å². The number of rotatable bonds is 11. The minimum absolute atomic E-state index is 0.0303. The number of carbonyl (C=O) groups excluding carboxylic acids is 3. The quantitative estimate of drug-likeness (QED) is 0.261. The van der Waals surface area contributed by atoms with Gasteiger partial charge in [-0.1, -0.05) is 58.0 Å². The highest BCUT2D eigenvalue weighted by atomic mass is 32.2. The number of amides is 4. The molecule has 2 aliphatic heterocycles. The van der Waals surface area contributed by atoms with Gasteiger partial charge in [0, 0.05) is 29.7 Å². The summed E-state index contributed by atoms with van der Waals surface area (Å²) in [5, 5.41) is 14.4. The largest absolute Gasteiger partial charge is 0.491 e. The zero-order chi connectivity index (χ0) is 40.0. The van der Waals surface area contributed by atoms with Gasteiger partial charge in [-0.3, -0.25) is 24.0 Å². The minimum atomic E-state index is -3.91. The lowest BCUT2D eigenvalue weighted by Gasteiger charge is -2.38. The Morgan fingerprint density at radius 2 is 1.84 bits per heavy atom. The van der Waals surface area contributed by atoms with Crippen molar-refractivity contribution in [1.29, 1.82) is 0 Å². The molecular formula is C41H55N5O9S. The fourth-order valence-electron chi connectivity index (χ4n) is 8.51. The number of benzene rings is 1. The highest BCUT2D eigenvalue weighted by molar-refractivity contribution is 7.91. The lowest BCUT2D eigenvalue weighted by Crippen LogP contribution is -2.60. The minimum Gasteiger partial charge on any atom is -0.491 e. The van der Waals surface area contributed by atoms with E-state index in [1.54, 1.807) is 6.20 Å². The van der Waals surface area contributed by atoms with Gasteiger partial charge in [0.05, 0.1) is 24.6 Å². The molecule has 1 saturated heterocycles. The predicted molar refractivity (Wildman–Crippen MR) is 208 cm³/mol. The van der Waals surface area contributed by atoms with Gasteiger partial charge >= 0.3 is 6.09 Å². The molecule has 1 aromatic heterocycles. The van der Waals surface area contributed by atoms with Crippen LogP contribution >= 0.6 is 0 Å². The van der Waals surface area contributed by atoms with Crippen molar-refractivity contribution in [1.82, 2.24) is 24.8 Å². The molecule has 14 nitrogen and oxygen atoms in total. The van der Waals surface area contributed by atoms with E-state index in [4.69, 9.17) is 9.47 Å². The number of hydrogen-bond donors (Lipinski definition) is 3. The van der Waals surface area contributed by atoms with Crippen LogP contribution in [0.1, 0.15) is 91.9 Å². The summed E-state index contributed by atoms with van der Waals surface area (Å²) in [7, 11) is -3.91. The Labute approximate surface area is 328 Å². The predicted octanol–water partition coefficient (Wildman–Crippen LogP) is 5.02. The standard InChI is InChI=1S/C41H55N5O9S/c1-5-18-54-33-22-42-36(31-13-9-8-12-30(31)33)55-28-20-32-35(47)43-41(38(49)44-56(52,53)29-14-15-29)21-27(41)11-7-6-10-25(2)19-26(3)34(37(48)45(32)23-28)46(39(50)51)24-40(4)16-17-40/h7-9,11-13,22,25-29,32,34H,5-6,10,14-21,23-24H2,1-4H3,(H,43,47)(H,44,49)(H,50,51)/t25-,26+,27+,28+,32-,34-,41+/m0/s1. The number of aromatic nitrogens is 1. The Morgan fingerprint density at radius 1 is 1.11 bits per heavy atom. The van der Waals surface area contributed by atoms with E-state index in [-0.39, 0.29) is 43.2 Å². The third-order valence-corrected chi connectivity index (χ3v) is 14.1. The second-order valence-corrected chi connectivity index (χ2v) is 19.2. The molecule has 0 bridgehead atoms. The smallest absolute Gasteiger partial charge is 0.408 e. The highest BCUT2D eigenvalue weighted by Crippen LogP contribution is 2.48. The van der Waals surface area contributed by atoms with Gasteiger partial charge in [-0.15, -0.1) is 0 Å². The third-order valence-electron chi connectivity index (χ3n) is 12.3. The highest BCUT2D eigenvalue weighted by Gasteiger charge is 2.62. The first-order chi connectivity index (χ1) is 26.6. The van der Waals surface area contributed by atoms with Crippen molar-refractivity contribution in [2.24, 2.45) is 23.2 Å². The summed E-state index contributed by atoms with van der Waals surface area (Å²) >= 11 is 0. The summed E-state index contributed by atoms with van der Waals surface area (Å²) in [6, 6.07) is 5.30. The fraction of sp³-hybridized carbons (Fsp3) is 0.634. The molecule has 56 heavy (non-hydrogen) atoms. The van der Waals surface area contributed by atoms with Crippen molar-refractivity contribution < 1.29 is 42.2 Å². The van der Waals surface area contributed by atoms with Crippen LogP contribution in [0, 0.1) is 23.2 Å². The van der Waals surface area contributed by atoms with Crippen LogP contribution in [0.5, 0.6) is 11.6 Å². The van der Waals surface area contributed by atoms with Gasteiger partial charge in [-0.2, -0.15) is 0 Å². The van der Waals surface area contributed by atoms with Crippen LogP contribution in [0.3, 0.4) is 0 Å². The molecule has 15 heteroatoms. The van der Waals surface area contributed by atoms with Crippen LogP contribution in [0.4, 0.5) is 4.79 Å². The number of nitrogens with zero attached hydrogens (tertiary/aromatic N) is 3. The van der Waals surface area contributed by atoms with Gasteiger partial charge in [0.15, 0.2) is 0 Å². The molecule has 0 unspecified atom stereocenters. The van der Waals surface area contributed by atoms with E-state index in [0.717, 1.165) is 31.1 Å². The molecule has 7 rings (SSSR count). The molecule has 2 aromatic rings. The molecule has 3 heterocycles. The van der Waals surface area contributed by atoms with Gasteiger partial charge in [-0.05, 0) is 81.1 Å². The fourth-order valence-corrected chi connectivity index (χ4v) is 9.87. The van der Waals surface area contributed by atoms with Crippen LogP contribution < -0.4 is 19.5 Å². The molecule has 5 aliphatic rings. The normalized spacial score (nSPS) is 30.2. The van der Waals surface area contributed by atoms with E-state index in [0.29, 0.717) is 49.3 Å². The first-order valence-corrected chi connectivity index (χ1v) is 21.7. The van der Waals surface area contributed by atoms with Crippen LogP contribution in [0.15, 0.2) is 42.6 Å². The maximum Gasteiger partial charge on any atom is 0.408 e. The van der Waals surface area contributed by atoms with Crippen molar-refractivity contribution in [2.75, 3.05) is 19.7 Å². The third kappa shape index (κ3) is 8.33. The Bertz CT molecular complexity index is 2000. The van der Waals surface area contributed by atoms with Gasteiger partial charge in [0.1, 0.15) is 29.5 Å². The zero-order valence-electron chi connectivity index (χ0n) is 32.7. The monoisotopic (exact) mass is 793 g/mol. The number of nitrogens with one attached hydrogen (secondary N) is 2. The number of sulfonamides is 1. The SMILES string of the molecule is CCCOc1cnc(O[C@@H]2C[C@H]3C(=O)N[C@]4(C(=O)NS(=O)(=O)C5CC5)C[C@H]4C=CCC[C@H](C)C[C@@H](C)[C@H](N(CC4(C)CC4)C(=O)O)C(=O)N3C2)c2ccccc12. The molecule has 3 N–H and O–H groups in total. The molecule has 0 radical (unpaired) electrons. The van der Waals surface area contributed by atoms with Crippen LogP contribution in [0.2, 0.25) is 0 Å². The van der Waals surface area contributed by atoms with Gasteiger partial charge in [0.25, 0.3) is 5.91 Å². The van der Waals surface area contributed by atoms with Crippen molar-refractivity contribution in [3.8, 4) is 11.6 Å². The van der Waals surface area contributed by atoms with Crippen molar-refractivity contribution >= 4 is 44.6 Å². The lowest BCUT2D eigenvalue weighted by atomic mass is 9.86. The zero-order valence-corrected chi connectivity index (χ0v) is 33.6. The molecular weight excluding hydrogens is 739 g/mol. The second kappa shape index (κ2) is 15.5. The Morgan fingerprint density at radius 3 is 2.52 bits per heavy atom. The molecule has 3 aliphatic carbocycles. The topological polar surface area (TPSA) is 185 Å². The van der Waals surface area contributed by atoms with Crippen LogP contribution in [0.25, 0.3) is 10.8 Å². The Balaban J connectivity index is 1.25. The van der Waals surface area contributed by atoms with E-state index in [1.165, 1.54) is 9.80 Å². The number of carboxylic acid groups (broad SMARTS) is 1. The summed E-state index contributed by atoms with van der Waals surface area (Å²) < 4.78 is 40.6. The summed E-state index contributed by atoms with van der Waals surface area (Å²) in [5.74, 6) is -1.73. The first-order valence-electron chi connectivity index (χ1n) is 20.2. The number of allylic oxidation sites excluding steroid dienone is 1. The summed E-state index contributed by atoms with van der Waals surface area (Å²) in [6.45, 7) is 8.68. The Kier molecular flexibility index (Phi) is 11.0. The average Bonchev–Trinajstić information content (AvgIpc) is 4.10. The van der Waals surface area contributed by atoms with Crippen LogP contribution in [-0.2, 0) is 24.4 Å². The molecule has 7 atom stereocenters. The molecule has 4 fully saturated rings. The molecule has 4 amide bonds. The summed E-state index contributed by atoms with van der Waals surface area (Å²) in [5.41, 5.74) is -1.76. The number of ether oxygens (including phenoxy) is 2. The van der Waals surface area contributed by atoms with Gasteiger partial charge in [-0.25, -0.2) is 18.2 Å². The van der Waals surface area contributed by atoms with Crippen LogP contribution in [-0.4, -0.2) is 101 Å². The van der Waals surface area contributed by atoms with Crippen molar-refractivity contribution in [3.05, 3.63) is 42.6 Å². The second-order valence-electron chi connectivity index (χ2n) is 17.2. The number of fused-ring (bicyclic) bond motifs is 3. The average molecular weight is 794 g/mol. The maximum absolute atomic E-state index is 15.1. The van der Waals surface area contributed by atoms with E-state index in [9.17, 15) is 27.9 Å². The van der Waals surface area contributed by atoms with Gasteiger partial charge < -0.3 is 24.8 Å². The molecule has 1 aromatic carbocycles. The van der Waals surface area contributed by atoms with E-state index >= 15 is 4.79 Å². The number of carbonyl (C=O) groups is 4. The van der Waals surface area contributed by atoms with E-state index in [1.807, 2.05) is 57.2 Å². The summed E-state index contributed by atoms with van der Waals surface area (Å²) in [6.07, 6.45) is 9.19. The van der Waals surface area contributed by atoms with Gasteiger partial charge in [0.2, 0.25) is 27.7 Å². The van der Waals surface area contributed by atoms with Crippen molar-refractivity contribution in [2.45, 2.75) is 121 Å². The first kappa shape index (κ1) is 39.8. The molecule has 0 spiro atoms. The van der Waals surface area contributed by atoms with E-state index < -0.39 is 68.7 Å². The number of hydrogen-bond acceptors (Lipinski definition) is 9. The number of pyridine rings is 1.